The van der Waals surface area contributed by atoms with Crippen molar-refractivity contribution in [3.63, 3.8) is 0 Å². The third-order valence-corrected chi connectivity index (χ3v) is 19.0. The molecule has 0 spiro atoms. The number of fused-ring (bicyclic) bond motifs is 8. The molecule has 1 aromatic heterocycles. The van der Waals surface area contributed by atoms with Crippen LogP contribution >= 0.6 is 0 Å². The summed E-state index contributed by atoms with van der Waals surface area (Å²) in [6, 6.07) is 59.1. The van der Waals surface area contributed by atoms with Crippen LogP contribution in [0.1, 0.15) is 145 Å². The molecule has 386 valence electrons. The second kappa shape index (κ2) is 17.8. The first-order valence-electron chi connectivity index (χ1n) is 28.8. The maximum Gasteiger partial charge on any atom is 0.375 e. The van der Waals surface area contributed by atoms with Crippen molar-refractivity contribution in [1.82, 2.24) is 0 Å². The molecule has 0 atom stereocenters. The number of benzene rings is 8. The van der Waals surface area contributed by atoms with Crippen LogP contribution in [-0.4, -0.2) is 6.85 Å². The average Bonchev–Trinajstić information content (AvgIpc) is 3.99. The number of anilines is 5. The molecule has 0 fully saturated rings. The highest BCUT2D eigenvalue weighted by Crippen LogP contribution is 2.56. The van der Waals surface area contributed by atoms with E-state index in [1.807, 2.05) is 0 Å². The number of furan rings is 1. The Balaban J connectivity index is 1.21. The van der Waals surface area contributed by atoms with Crippen molar-refractivity contribution in [2.75, 3.05) is 9.71 Å². The highest BCUT2D eigenvalue weighted by Gasteiger charge is 2.50. The van der Waals surface area contributed by atoms with Gasteiger partial charge in [-0.05, 0) is 213 Å². The molecule has 0 N–H and O–H groups in total. The molecule has 0 radical (unpaired) electrons. The first-order valence-corrected chi connectivity index (χ1v) is 28.8. The maximum atomic E-state index is 7.89. The van der Waals surface area contributed by atoms with Crippen molar-refractivity contribution in [2.45, 2.75) is 150 Å². The van der Waals surface area contributed by atoms with Crippen LogP contribution in [0.2, 0.25) is 0 Å². The lowest BCUT2D eigenvalue weighted by Crippen LogP contribution is -2.61. The average molecular weight is 1010 g/mol. The highest BCUT2D eigenvalue weighted by molar-refractivity contribution is 6.93. The summed E-state index contributed by atoms with van der Waals surface area (Å²) < 4.78 is 7.89. The van der Waals surface area contributed by atoms with Crippen LogP contribution in [0.4, 0.5) is 28.4 Å². The smallest absolute Gasteiger partial charge is 0.375 e. The molecule has 0 bridgehead atoms. The van der Waals surface area contributed by atoms with Crippen LogP contribution < -0.4 is 20.8 Å². The quantitative estimate of drug-likeness (QED) is 0.141. The van der Waals surface area contributed by atoms with Gasteiger partial charge in [0.1, 0.15) is 11.2 Å². The summed E-state index contributed by atoms with van der Waals surface area (Å²) in [6.45, 7) is 28.5. The van der Waals surface area contributed by atoms with Crippen LogP contribution in [0.5, 0.6) is 0 Å². The molecule has 2 aliphatic heterocycles. The number of hydrogen-bond donors (Lipinski definition) is 0. The highest BCUT2D eigenvalue weighted by atomic mass is 16.3. The van der Waals surface area contributed by atoms with E-state index in [4.69, 9.17) is 4.42 Å². The fourth-order valence-corrected chi connectivity index (χ4v) is 14.5. The van der Waals surface area contributed by atoms with Crippen LogP contribution in [0.15, 0.2) is 156 Å². The van der Waals surface area contributed by atoms with E-state index in [1.165, 1.54) is 129 Å². The zero-order valence-electron chi connectivity index (χ0n) is 47.8. The molecular formula is C73H75BN2O. The zero-order chi connectivity index (χ0) is 53.5. The fourth-order valence-electron chi connectivity index (χ4n) is 14.5. The number of rotatable bonds is 8. The van der Waals surface area contributed by atoms with Crippen molar-refractivity contribution in [3.05, 3.63) is 196 Å². The van der Waals surface area contributed by atoms with Gasteiger partial charge < -0.3 is 14.1 Å². The molecule has 4 heteroatoms. The van der Waals surface area contributed by atoms with E-state index in [9.17, 15) is 0 Å². The van der Waals surface area contributed by atoms with Gasteiger partial charge >= 0.3 is 6.85 Å². The molecule has 4 aliphatic rings. The molecule has 0 saturated heterocycles. The Morgan fingerprint density at radius 1 is 0.494 bits per heavy atom. The molecule has 2 aliphatic carbocycles. The van der Waals surface area contributed by atoms with Gasteiger partial charge in [-0.25, -0.2) is 0 Å². The van der Waals surface area contributed by atoms with E-state index in [0.29, 0.717) is 0 Å². The summed E-state index contributed by atoms with van der Waals surface area (Å²) in [5.41, 5.74) is 30.1. The molecule has 13 rings (SSSR count). The van der Waals surface area contributed by atoms with Gasteiger partial charge in [-0.15, -0.1) is 0 Å². The second-order valence-corrected chi connectivity index (χ2v) is 26.2. The van der Waals surface area contributed by atoms with Gasteiger partial charge in [0.2, 0.25) is 0 Å². The number of unbranched alkanes of at least 4 members (excludes halogenated alkanes) is 1. The molecule has 3 nitrogen and oxygen atoms in total. The van der Waals surface area contributed by atoms with Gasteiger partial charge in [-0.2, -0.15) is 0 Å². The summed E-state index contributed by atoms with van der Waals surface area (Å²) in [5.74, 6) is 0. The number of nitrogens with zero attached hydrogens (tertiary/aromatic N) is 2. The van der Waals surface area contributed by atoms with E-state index >= 15 is 0 Å². The van der Waals surface area contributed by atoms with E-state index in [2.05, 4.69) is 244 Å². The minimum atomic E-state index is -0.300. The SMILES string of the molecule is CCCCc1ccc(N2c3cc(-c4c(C)cc(C)cc4C)cc4c3B(c3oc5cc6c(cc5c32)C(C)(C)CCC6(C)C)N(c2ccc3c(c2)C(C)(C)CCC3(C)C)c2cc(-c3ccccc3)ccc2-4)c(-c2ccccc2)c1. The summed E-state index contributed by atoms with van der Waals surface area (Å²) in [5, 5.41) is 1.18. The Hall–Kier alpha value is -7.04. The van der Waals surface area contributed by atoms with Crippen molar-refractivity contribution >= 4 is 57.4 Å². The molecule has 0 saturated carbocycles. The lowest BCUT2D eigenvalue weighted by molar-refractivity contribution is 0.332. The Kier molecular flexibility index (Phi) is 11.4. The topological polar surface area (TPSA) is 19.6 Å². The van der Waals surface area contributed by atoms with Gasteiger partial charge in [0.15, 0.2) is 0 Å². The zero-order valence-corrected chi connectivity index (χ0v) is 47.8. The summed E-state index contributed by atoms with van der Waals surface area (Å²) >= 11 is 0. The lowest BCUT2D eigenvalue weighted by atomic mass is 9.45. The molecule has 77 heavy (non-hydrogen) atoms. The predicted octanol–water partition coefficient (Wildman–Crippen LogP) is 19.1. The number of hydrogen-bond acceptors (Lipinski definition) is 3. The van der Waals surface area contributed by atoms with Crippen molar-refractivity contribution < 1.29 is 4.42 Å². The molecular weight excluding hydrogens is 932 g/mol. The van der Waals surface area contributed by atoms with Crippen LogP contribution in [0, 0.1) is 20.8 Å². The predicted molar refractivity (Wildman–Crippen MR) is 330 cm³/mol. The molecule has 3 heterocycles. The molecule has 0 amide bonds. The molecule has 9 aromatic rings. The first-order chi connectivity index (χ1) is 36.8. The van der Waals surface area contributed by atoms with Crippen LogP contribution in [0.25, 0.3) is 55.5 Å². The monoisotopic (exact) mass is 1010 g/mol. The van der Waals surface area contributed by atoms with Gasteiger partial charge in [0, 0.05) is 33.6 Å². The van der Waals surface area contributed by atoms with Crippen molar-refractivity contribution in [1.29, 1.82) is 0 Å². The van der Waals surface area contributed by atoms with Gasteiger partial charge in [-0.3, -0.25) is 0 Å². The van der Waals surface area contributed by atoms with Crippen LogP contribution in [-0.2, 0) is 28.1 Å². The van der Waals surface area contributed by atoms with Crippen molar-refractivity contribution in [2.24, 2.45) is 0 Å². The minimum Gasteiger partial charge on any atom is -0.466 e. The lowest BCUT2D eigenvalue weighted by Gasteiger charge is -2.46. The largest absolute Gasteiger partial charge is 0.466 e. The number of aryl methyl sites for hydroxylation is 4. The first kappa shape index (κ1) is 49.5. The normalized spacial score (nSPS) is 17.1. The Bertz CT molecular complexity index is 3830. The van der Waals surface area contributed by atoms with Gasteiger partial charge in [0.25, 0.3) is 0 Å². The van der Waals surface area contributed by atoms with Gasteiger partial charge in [-0.1, -0.05) is 171 Å². The van der Waals surface area contributed by atoms with E-state index in [1.54, 1.807) is 0 Å². The van der Waals surface area contributed by atoms with Gasteiger partial charge in [0.05, 0.1) is 11.4 Å². The molecule has 0 unspecified atom stereocenters. The third kappa shape index (κ3) is 7.89. The Morgan fingerprint density at radius 2 is 1.10 bits per heavy atom. The van der Waals surface area contributed by atoms with Crippen molar-refractivity contribution in [3.8, 4) is 44.5 Å². The second-order valence-electron chi connectivity index (χ2n) is 26.2. The standard InChI is InChI=1S/C73H75BN2O/c1-13-14-21-48-26-31-62(55(38-48)50-24-19-16-20-25-50)75-64-41-52(66-46(3)36-45(2)37-47(66)4)39-56-54-29-27-51(49-22-17-15-18-23-49)40-63(54)76(53-28-30-58-59(42-53)71(7,8)33-32-70(58,5)6)74(67(56)64)69-68(75)57-43-60-61(44-65(57)77-69)73(11,12)35-34-72(60,9)10/h15-20,22-31,36-44H,13-14,21,32-35H2,1-12H3. The third-order valence-electron chi connectivity index (χ3n) is 19.0. The Morgan fingerprint density at radius 3 is 1.77 bits per heavy atom. The maximum absolute atomic E-state index is 7.89. The van der Waals surface area contributed by atoms with E-state index < -0.39 is 0 Å². The summed E-state index contributed by atoms with van der Waals surface area (Å²) in [6.07, 6.45) is 7.91. The van der Waals surface area contributed by atoms with Crippen LogP contribution in [0.3, 0.4) is 0 Å². The Labute approximate surface area is 459 Å². The van der Waals surface area contributed by atoms with E-state index in [-0.39, 0.29) is 28.5 Å². The summed E-state index contributed by atoms with van der Waals surface area (Å²) in [7, 11) is 0. The fraction of sp³-hybridized carbons (Fsp3) is 0.315. The minimum absolute atomic E-state index is 0.00296. The summed E-state index contributed by atoms with van der Waals surface area (Å²) in [4.78, 5) is 5.37. The van der Waals surface area contributed by atoms with E-state index in [0.717, 1.165) is 55.5 Å². The molecule has 8 aromatic carbocycles.